The van der Waals surface area contributed by atoms with Gasteiger partial charge in [0.25, 0.3) is 0 Å². The SMILES string of the molecule is CC[Si](CC)(CC)N1C(=O)[C@@H]2C=C[C@H]1C2. The fraction of sp³-hybridized carbons (Fsp3) is 0.750. The van der Waals surface area contributed by atoms with E-state index in [4.69, 9.17) is 0 Å². The minimum Gasteiger partial charge on any atom is -0.363 e. The number of carbonyl (C=O) groups is 1. The summed E-state index contributed by atoms with van der Waals surface area (Å²) in [5.41, 5.74) is 0. The maximum Gasteiger partial charge on any atom is 0.222 e. The zero-order valence-corrected chi connectivity index (χ0v) is 11.0. The van der Waals surface area contributed by atoms with Crippen LogP contribution in [0, 0.1) is 5.92 Å². The van der Waals surface area contributed by atoms with Gasteiger partial charge in [-0.1, -0.05) is 32.9 Å². The first kappa shape index (κ1) is 10.9. The summed E-state index contributed by atoms with van der Waals surface area (Å²) in [6.07, 6.45) is 5.44. The van der Waals surface area contributed by atoms with Crippen molar-refractivity contribution < 1.29 is 4.79 Å². The van der Waals surface area contributed by atoms with Gasteiger partial charge in [0.15, 0.2) is 8.24 Å². The summed E-state index contributed by atoms with van der Waals surface area (Å²) in [4.78, 5) is 12.2. The van der Waals surface area contributed by atoms with E-state index in [-0.39, 0.29) is 5.92 Å². The van der Waals surface area contributed by atoms with E-state index < -0.39 is 8.24 Å². The second kappa shape index (κ2) is 3.78. The summed E-state index contributed by atoms with van der Waals surface area (Å²) in [5, 5.41) is 0. The lowest BCUT2D eigenvalue weighted by Crippen LogP contribution is -2.56. The van der Waals surface area contributed by atoms with Crippen LogP contribution in [0.15, 0.2) is 12.2 Å². The van der Waals surface area contributed by atoms with Crippen molar-refractivity contribution in [3.63, 3.8) is 0 Å². The Morgan fingerprint density at radius 2 is 1.87 bits per heavy atom. The molecule has 84 valence electrons. The fourth-order valence-corrected chi connectivity index (χ4v) is 7.29. The Morgan fingerprint density at radius 1 is 1.27 bits per heavy atom. The maximum absolute atomic E-state index is 12.2. The van der Waals surface area contributed by atoms with Gasteiger partial charge in [-0.05, 0) is 24.6 Å². The molecule has 0 aromatic carbocycles. The van der Waals surface area contributed by atoms with E-state index in [0.29, 0.717) is 11.9 Å². The van der Waals surface area contributed by atoms with Crippen molar-refractivity contribution in [1.82, 2.24) is 4.57 Å². The van der Waals surface area contributed by atoms with Gasteiger partial charge in [-0.3, -0.25) is 4.79 Å². The van der Waals surface area contributed by atoms with Gasteiger partial charge in [-0.2, -0.15) is 0 Å². The molecule has 2 aliphatic rings. The fourth-order valence-electron chi connectivity index (χ4n) is 3.24. The first-order chi connectivity index (χ1) is 7.18. The predicted octanol–water partition coefficient (Wildman–Crippen LogP) is 2.78. The number of hydrogen-bond acceptors (Lipinski definition) is 1. The third-order valence-corrected chi connectivity index (χ3v) is 9.96. The van der Waals surface area contributed by atoms with Crippen molar-refractivity contribution in [3.05, 3.63) is 12.2 Å². The summed E-state index contributed by atoms with van der Waals surface area (Å²) in [5.74, 6) is 0.659. The molecule has 1 heterocycles. The van der Waals surface area contributed by atoms with Crippen LogP contribution in [0.3, 0.4) is 0 Å². The smallest absolute Gasteiger partial charge is 0.222 e. The average molecular weight is 223 g/mol. The largest absolute Gasteiger partial charge is 0.363 e. The van der Waals surface area contributed by atoms with Crippen LogP contribution >= 0.6 is 0 Å². The van der Waals surface area contributed by atoms with Crippen molar-refractivity contribution in [2.45, 2.75) is 51.4 Å². The molecular weight excluding hydrogens is 202 g/mol. The number of amides is 1. The highest BCUT2D eigenvalue weighted by Gasteiger charge is 2.49. The van der Waals surface area contributed by atoms with E-state index in [1.807, 2.05) is 0 Å². The number of fused-ring (bicyclic) bond motifs is 2. The Kier molecular flexibility index (Phi) is 2.75. The van der Waals surface area contributed by atoms with Crippen LogP contribution in [0.1, 0.15) is 27.2 Å². The van der Waals surface area contributed by atoms with Gasteiger partial charge in [0, 0.05) is 6.04 Å². The average Bonchev–Trinajstić information content (AvgIpc) is 2.84. The predicted molar refractivity (Wildman–Crippen MR) is 65.1 cm³/mol. The van der Waals surface area contributed by atoms with Crippen molar-refractivity contribution in [1.29, 1.82) is 0 Å². The van der Waals surface area contributed by atoms with Crippen LogP contribution < -0.4 is 0 Å². The lowest BCUT2D eigenvalue weighted by Gasteiger charge is -2.42. The molecule has 2 atom stereocenters. The molecule has 0 aromatic heterocycles. The summed E-state index contributed by atoms with van der Waals surface area (Å²) in [7, 11) is -1.47. The quantitative estimate of drug-likeness (QED) is 0.530. The van der Waals surface area contributed by atoms with E-state index in [2.05, 4.69) is 37.5 Å². The Labute approximate surface area is 93.4 Å². The van der Waals surface area contributed by atoms with Crippen molar-refractivity contribution in [3.8, 4) is 0 Å². The third kappa shape index (κ3) is 1.40. The molecule has 0 spiro atoms. The molecular formula is C12H21NOSi. The normalized spacial score (nSPS) is 29.3. The van der Waals surface area contributed by atoms with Gasteiger partial charge in [0.1, 0.15) is 0 Å². The molecule has 0 N–H and O–H groups in total. The number of hydrogen-bond donors (Lipinski definition) is 0. The summed E-state index contributed by atoms with van der Waals surface area (Å²) >= 11 is 0. The minimum absolute atomic E-state index is 0.228. The molecule has 2 bridgehead atoms. The monoisotopic (exact) mass is 223 g/mol. The first-order valence-corrected chi connectivity index (χ1v) is 8.77. The van der Waals surface area contributed by atoms with Crippen molar-refractivity contribution >= 4 is 14.1 Å². The topological polar surface area (TPSA) is 20.3 Å². The van der Waals surface area contributed by atoms with Crippen LogP contribution in [0.5, 0.6) is 0 Å². The Bertz CT molecular complexity index is 288. The van der Waals surface area contributed by atoms with E-state index in [0.717, 1.165) is 6.42 Å². The second-order valence-electron chi connectivity index (χ2n) is 4.79. The summed E-state index contributed by atoms with van der Waals surface area (Å²) < 4.78 is 2.32. The molecule has 1 amide bonds. The molecule has 2 nitrogen and oxygen atoms in total. The molecule has 1 saturated heterocycles. The first-order valence-electron chi connectivity index (χ1n) is 6.20. The van der Waals surface area contributed by atoms with Crippen molar-refractivity contribution in [2.24, 2.45) is 5.92 Å². The van der Waals surface area contributed by atoms with E-state index in [1.165, 1.54) is 18.1 Å². The molecule has 15 heavy (non-hydrogen) atoms. The van der Waals surface area contributed by atoms with Gasteiger partial charge < -0.3 is 4.57 Å². The highest BCUT2D eigenvalue weighted by Crippen LogP contribution is 2.40. The van der Waals surface area contributed by atoms with Crippen LogP contribution in [0.2, 0.25) is 18.1 Å². The number of rotatable bonds is 4. The molecule has 0 radical (unpaired) electrons. The third-order valence-electron chi connectivity index (χ3n) is 4.43. The van der Waals surface area contributed by atoms with Crippen LogP contribution in [-0.4, -0.2) is 24.7 Å². The van der Waals surface area contributed by atoms with Crippen LogP contribution in [0.4, 0.5) is 0 Å². The standard InChI is InChI=1S/C12H21NOSi/c1-4-15(5-2,6-3)13-11-8-7-10(9-11)12(13)14/h7-8,10-11H,4-6,9H2,1-3H3/t10-,11+/m1/s1. The van der Waals surface area contributed by atoms with E-state index in [9.17, 15) is 4.79 Å². The van der Waals surface area contributed by atoms with Gasteiger partial charge in [-0.15, -0.1) is 0 Å². The van der Waals surface area contributed by atoms with E-state index >= 15 is 0 Å². The summed E-state index contributed by atoms with van der Waals surface area (Å²) in [6.45, 7) is 6.80. The lowest BCUT2D eigenvalue weighted by atomic mass is 10.1. The van der Waals surface area contributed by atoms with Gasteiger partial charge in [0.2, 0.25) is 5.91 Å². The molecule has 0 aromatic rings. The van der Waals surface area contributed by atoms with E-state index in [1.54, 1.807) is 0 Å². The number of carbonyl (C=O) groups excluding carboxylic acids is 1. The maximum atomic E-state index is 12.2. The molecule has 1 fully saturated rings. The Hall–Kier alpha value is -0.573. The highest BCUT2D eigenvalue weighted by molar-refractivity contribution is 6.79. The number of nitrogens with zero attached hydrogens (tertiary/aromatic N) is 1. The van der Waals surface area contributed by atoms with Crippen molar-refractivity contribution in [2.75, 3.05) is 0 Å². The second-order valence-corrected chi connectivity index (χ2v) is 9.84. The molecule has 0 unspecified atom stereocenters. The summed E-state index contributed by atoms with van der Waals surface area (Å²) in [6, 6.07) is 4.09. The zero-order valence-electron chi connectivity index (χ0n) is 9.99. The lowest BCUT2D eigenvalue weighted by molar-refractivity contribution is -0.127. The van der Waals surface area contributed by atoms with Crippen LogP contribution in [0.25, 0.3) is 0 Å². The van der Waals surface area contributed by atoms with Gasteiger partial charge in [-0.25, -0.2) is 0 Å². The molecule has 1 aliphatic carbocycles. The Balaban J connectivity index is 2.29. The minimum atomic E-state index is -1.47. The Morgan fingerprint density at radius 3 is 2.27 bits per heavy atom. The molecule has 1 aliphatic heterocycles. The van der Waals surface area contributed by atoms with Gasteiger partial charge >= 0.3 is 0 Å². The highest BCUT2D eigenvalue weighted by atomic mass is 28.3. The van der Waals surface area contributed by atoms with Crippen LogP contribution in [-0.2, 0) is 4.79 Å². The molecule has 2 rings (SSSR count). The molecule has 3 heteroatoms. The van der Waals surface area contributed by atoms with Gasteiger partial charge in [0.05, 0.1) is 5.92 Å². The zero-order chi connectivity index (χ0) is 11.1. The molecule has 0 saturated carbocycles.